The number of hydrogen-bond acceptors (Lipinski definition) is 8. The Morgan fingerprint density at radius 3 is 2.93 bits per heavy atom. The number of methoxy groups -OCH3 is 1. The summed E-state index contributed by atoms with van der Waals surface area (Å²) in [5.74, 6) is 0.409. The van der Waals surface area contributed by atoms with Crippen LogP contribution in [-0.4, -0.2) is 62.6 Å². The van der Waals surface area contributed by atoms with Crippen LogP contribution >= 0.6 is 0 Å². The first kappa shape index (κ1) is 18.0. The number of nitrogens with one attached hydrogen (secondary N) is 1. The van der Waals surface area contributed by atoms with Crippen LogP contribution in [0.3, 0.4) is 0 Å². The Kier molecular flexibility index (Phi) is 5.03. The second-order valence-electron chi connectivity index (χ2n) is 6.45. The third-order valence-electron chi connectivity index (χ3n) is 4.59. The molecular formula is C19H21N5O5. The van der Waals surface area contributed by atoms with Crippen molar-refractivity contribution >= 4 is 22.9 Å². The van der Waals surface area contributed by atoms with Gasteiger partial charge in [-0.25, -0.2) is 15.0 Å². The highest BCUT2D eigenvalue weighted by molar-refractivity contribution is 5.97. The van der Waals surface area contributed by atoms with Gasteiger partial charge < -0.3 is 24.6 Å². The smallest absolute Gasteiger partial charge is 0.263 e. The Labute approximate surface area is 167 Å². The maximum atomic E-state index is 12.3. The predicted octanol–water partition coefficient (Wildman–Crippen LogP) is 1.14. The zero-order chi connectivity index (χ0) is 21.1. The Morgan fingerprint density at radius 2 is 2.17 bits per heavy atom. The molecule has 0 aliphatic carbocycles. The van der Waals surface area contributed by atoms with Crippen LogP contribution < -0.4 is 10.1 Å². The summed E-state index contributed by atoms with van der Waals surface area (Å²) in [6.45, 7) is -0.299. The van der Waals surface area contributed by atoms with Crippen LogP contribution in [0.4, 0.5) is 5.82 Å². The number of nitrogens with zero attached hydrogens (tertiary/aromatic N) is 4. The minimum absolute atomic E-state index is 0.109. The molecule has 1 fully saturated rings. The Hall–Kier alpha value is -3.08. The van der Waals surface area contributed by atoms with Crippen molar-refractivity contribution in [3.05, 3.63) is 43.0 Å². The molecule has 0 spiro atoms. The van der Waals surface area contributed by atoms with E-state index in [1.54, 1.807) is 16.7 Å². The average Bonchev–Trinajstić information content (AvgIpc) is 3.34. The summed E-state index contributed by atoms with van der Waals surface area (Å²) >= 11 is 0. The molecule has 10 nitrogen and oxygen atoms in total. The molecule has 2 aromatic heterocycles. The van der Waals surface area contributed by atoms with Crippen molar-refractivity contribution in [2.45, 2.75) is 31.4 Å². The average molecular weight is 400 g/mol. The van der Waals surface area contributed by atoms with E-state index in [1.165, 1.54) is 19.8 Å². The fraction of sp³-hybridized carbons (Fsp3) is 0.368. The van der Waals surface area contributed by atoms with E-state index in [9.17, 15) is 9.90 Å². The molecule has 1 aliphatic rings. The lowest BCUT2D eigenvalue weighted by Crippen LogP contribution is -2.32. The number of aromatic nitrogens is 4. The van der Waals surface area contributed by atoms with Crippen LogP contribution in [0.2, 0.25) is 0 Å². The van der Waals surface area contributed by atoms with Crippen molar-refractivity contribution in [1.29, 1.82) is 0 Å². The fourth-order valence-corrected chi connectivity index (χ4v) is 3.16. The molecule has 29 heavy (non-hydrogen) atoms. The highest BCUT2D eigenvalue weighted by Gasteiger charge is 2.43. The number of para-hydroxylation sites is 1. The zero-order valence-electron chi connectivity index (χ0n) is 16.6. The number of aliphatic hydroxyl groups excluding tert-OH is 1. The number of benzene rings is 1. The van der Waals surface area contributed by atoms with Gasteiger partial charge in [0.2, 0.25) is 0 Å². The number of anilines is 1. The monoisotopic (exact) mass is 400 g/mol. The molecule has 1 aromatic carbocycles. The molecule has 0 saturated carbocycles. The molecule has 1 aliphatic heterocycles. The molecule has 0 radical (unpaired) electrons. The van der Waals surface area contributed by atoms with E-state index in [4.69, 9.17) is 15.6 Å². The first-order chi connectivity index (χ1) is 14.6. The van der Waals surface area contributed by atoms with Crippen molar-refractivity contribution < 1.29 is 25.5 Å². The predicted molar refractivity (Wildman–Crippen MR) is 102 cm³/mol. The molecule has 3 heterocycles. The summed E-state index contributed by atoms with van der Waals surface area (Å²) in [6, 6.07) is 8.99. The Balaban J connectivity index is 1.53. The third-order valence-corrected chi connectivity index (χ3v) is 4.59. The number of amides is 1. The highest BCUT2D eigenvalue weighted by Crippen LogP contribution is 2.33. The van der Waals surface area contributed by atoms with Gasteiger partial charge >= 0.3 is 0 Å². The minimum atomic E-state index is -0.953. The summed E-state index contributed by atoms with van der Waals surface area (Å²) < 4.78 is 25.7. The quantitative estimate of drug-likeness (QED) is 0.632. The summed E-state index contributed by atoms with van der Waals surface area (Å²) in [7, 11) is 1.46. The van der Waals surface area contributed by atoms with Crippen molar-refractivity contribution in [3.63, 3.8) is 0 Å². The molecule has 10 heteroatoms. The van der Waals surface area contributed by atoms with E-state index in [1.807, 2.05) is 18.2 Å². The Bertz CT molecular complexity index is 1020. The first-order valence-electron chi connectivity index (χ1n) is 9.64. The second-order valence-corrected chi connectivity index (χ2v) is 6.45. The van der Waals surface area contributed by atoms with Gasteiger partial charge in [0.1, 0.15) is 24.3 Å². The minimum Gasteiger partial charge on any atom is -0.484 e. The summed E-state index contributed by atoms with van der Waals surface area (Å²) in [6.07, 6.45) is -0.274. The number of imidazole rings is 1. The van der Waals surface area contributed by atoms with Crippen LogP contribution in [0.25, 0.3) is 11.2 Å². The van der Waals surface area contributed by atoms with Crippen molar-refractivity contribution in [2.75, 3.05) is 19.0 Å². The van der Waals surface area contributed by atoms with E-state index < -0.39 is 30.4 Å². The SMILES string of the molecule is [2H]C[C@H]1O[C@@H](n2cnc3c(NC(=O)COc4ccccc4)ncnc32)[C@@H](OC)C1O. The van der Waals surface area contributed by atoms with Crippen molar-refractivity contribution in [3.8, 4) is 5.75 Å². The number of aliphatic hydroxyl groups is 1. The van der Waals surface area contributed by atoms with Crippen molar-refractivity contribution in [1.82, 2.24) is 19.5 Å². The third kappa shape index (κ3) is 3.77. The normalized spacial score (nSPS) is 24.4. The molecule has 152 valence electrons. The molecule has 1 amide bonds. The van der Waals surface area contributed by atoms with Gasteiger partial charge in [-0.2, -0.15) is 0 Å². The largest absolute Gasteiger partial charge is 0.484 e. The zero-order valence-corrected chi connectivity index (χ0v) is 15.6. The Morgan fingerprint density at radius 1 is 1.34 bits per heavy atom. The number of hydrogen-bond donors (Lipinski definition) is 2. The summed E-state index contributed by atoms with van der Waals surface area (Å²) in [4.78, 5) is 24.9. The van der Waals surface area contributed by atoms with Crippen LogP contribution in [0.1, 0.15) is 14.5 Å². The van der Waals surface area contributed by atoms with Gasteiger partial charge in [0.25, 0.3) is 5.91 Å². The molecule has 1 saturated heterocycles. The summed E-state index contributed by atoms with van der Waals surface area (Å²) in [5, 5.41) is 13.0. The second kappa shape index (κ2) is 8.11. The number of carbonyl (C=O) groups excluding carboxylic acids is 1. The number of carbonyl (C=O) groups is 1. The molecule has 4 atom stereocenters. The lowest BCUT2D eigenvalue weighted by Gasteiger charge is -2.19. The van der Waals surface area contributed by atoms with E-state index in [0.29, 0.717) is 16.9 Å². The lowest BCUT2D eigenvalue weighted by molar-refractivity contribution is -0.118. The molecule has 1 unspecified atom stereocenters. The van der Waals surface area contributed by atoms with E-state index in [0.717, 1.165) is 0 Å². The van der Waals surface area contributed by atoms with E-state index >= 15 is 0 Å². The highest BCUT2D eigenvalue weighted by atomic mass is 16.6. The lowest BCUT2D eigenvalue weighted by atomic mass is 10.1. The fourth-order valence-electron chi connectivity index (χ4n) is 3.16. The van der Waals surface area contributed by atoms with Crippen LogP contribution in [0, 0.1) is 0 Å². The van der Waals surface area contributed by atoms with E-state index in [2.05, 4.69) is 20.3 Å². The topological polar surface area (TPSA) is 121 Å². The molecule has 2 N–H and O–H groups in total. The molecule has 3 aromatic rings. The first-order valence-corrected chi connectivity index (χ1v) is 8.93. The van der Waals surface area contributed by atoms with Gasteiger partial charge in [-0.3, -0.25) is 9.36 Å². The van der Waals surface area contributed by atoms with Crippen LogP contribution in [0.15, 0.2) is 43.0 Å². The van der Waals surface area contributed by atoms with Crippen molar-refractivity contribution in [2.24, 2.45) is 0 Å². The van der Waals surface area contributed by atoms with Gasteiger partial charge in [0, 0.05) is 8.48 Å². The van der Waals surface area contributed by atoms with Crippen LogP contribution in [0.5, 0.6) is 5.75 Å². The van der Waals surface area contributed by atoms with Gasteiger partial charge in [-0.1, -0.05) is 18.2 Å². The van der Waals surface area contributed by atoms with Gasteiger partial charge in [-0.15, -0.1) is 0 Å². The van der Waals surface area contributed by atoms with Gasteiger partial charge in [0.15, 0.2) is 29.8 Å². The van der Waals surface area contributed by atoms with E-state index in [-0.39, 0.29) is 19.3 Å². The number of rotatable bonds is 6. The van der Waals surface area contributed by atoms with Gasteiger partial charge in [-0.05, 0) is 19.0 Å². The maximum absolute atomic E-state index is 12.3. The summed E-state index contributed by atoms with van der Waals surface area (Å²) in [5.41, 5.74) is 0.752. The van der Waals surface area contributed by atoms with Crippen LogP contribution in [-0.2, 0) is 14.3 Å². The maximum Gasteiger partial charge on any atom is 0.263 e. The standard InChI is InChI=1S/C19H21N5O5/c1-11-15(26)16(27-2)19(29-11)24-10-22-14-17(20-9-21-18(14)24)23-13(25)8-28-12-6-4-3-5-7-12/h3-7,9-11,15-16,19,26H,8H2,1-2H3,(H,20,21,23,25)/t11-,15?,16+,19-/m1/s1/i1D. The molecular weight excluding hydrogens is 378 g/mol. The van der Waals surface area contributed by atoms with Gasteiger partial charge in [0.05, 0.1) is 12.4 Å². The molecule has 4 rings (SSSR count). The molecule has 0 bridgehead atoms. The number of ether oxygens (including phenoxy) is 3. The number of fused-ring (bicyclic) bond motifs is 1.